The van der Waals surface area contributed by atoms with Crippen molar-refractivity contribution in [3.05, 3.63) is 42.5 Å². The topological polar surface area (TPSA) is 64.6 Å². The van der Waals surface area contributed by atoms with Crippen molar-refractivity contribution in [2.75, 3.05) is 18.5 Å². The summed E-state index contributed by atoms with van der Waals surface area (Å²) in [6, 6.07) is 7.30. The molecule has 0 saturated carbocycles. The average Bonchev–Trinajstić information content (AvgIpc) is 2.37. The van der Waals surface area contributed by atoms with E-state index in [1.165, 1.54) is 0 Å². The first-order valence-electron chi connectivity index (χ1n) is 5.41. The number of aryl methyl sites for hydroxylation is 1. The maximum Gasteiger partial charge on any atom is 0.411 e. The fraction of sp³-hybridized carbons (Fsp3) is 0.231. The Morgan fingerprint density at radius 3 is 2.44 bits per heavy atom. The number of anilines is 1. The van der Waals surface area contributed by atoms with Gasteiger partial charge in [-0.15, -0.1) is 0 Å². The molecule has 0 aliphatic heterocycles. The van der Waals surface area contributed by atoms with Gasteiger partial charge in [-0.25, -0.2) is 9.59 Å². The Hall–Kier alpha value is -2.30. The molecule has 0 bridgehead atoms. The van der Waals surface area contributed by atoms with Gasteiger partial charge in [0.05, 0.1) is 0 Å². The van der Waals surface area contributed by atoms with E-state index in [2.05, 4.69) is 16.6 Å². The molecule has 0 atom stereocenters. The summed E-state index contributed by atoms with van der Waals surface area (Å²) in [5.74, 6) is -0.544. The molecule has 0 aromatic heterocycles. The molecule has 1 aromatic carbocycles. The maximum atomic E-state index is 11.3. The van der Waals surface area contributed by atoms with Gasteiger partial charge in [0, 0.05) is 11.8 Å². The van der Waals surface area contributed by atoms with Crippen molar-refractivity contribution in [2.45, 2.75) is 6.92 Å². The molecule has 1 amide bonds. The van der Waals surface area contributed by atoms with Crippen molar-refractivity contribution in [2.24, 2.45) is 0 Å². The number of nitrogens with one attached hydrogen (secondary N) is 1. The fourth-order valence-electron chi connectivity index (χ4n) is 1.13. The Morgan fingerprint density at radius 1 is 1.22 bits per heavy atom. The van der Waals surface area contributed by atoms with Crippen molar-refractivity contribution in [1.82, 2.24) is 0 Å². The minimum Gasteiger partial charge on any atom is -0.459 e. The van der Waals surface area contributed by atoms with Crippen LogP contribution in [0.15, 0.2) is 36.9 Å². The van der Waals surface area contributed by atoms with Gasteiger partial charge in [-0.1, -0.05) is 24.3 Å². The number of hydrogen-bond donors (Lipinski definition) is 1. The highest BCUT2D eigenvalue weighted by atomic mass is 16.6. The zero-order valence-corrected chi connectivity index (χ0v) is 10.1. The lowest BCUT2D eigenvalue weighted by molar-refractivity contribution is -0.138. The molecule has 18 heavy (non-hydrogen) atoms. The summed E-state index contributed by atoms with van der Waals surface area (Å²) >= 11 is 0. The zero-order chi connectivity index (χ0) is 13.4. The van der Waals surface area contributed by atoms with E-state index < -0.39 is 12.1 Å². The number of rotatable bonds is 5. The third-order valence-electron chi connectivity index (χ3n) is 2.03. The zero-order valence-electron chi connectivity index (χ0n) is 10.1. The average molecular weight is 249 g/mol. The fourth-order valence-corrected chi connectivity index (χ4v) is 1.13. The van der Waals surface area contributed by atoms with Crippen molar-refractivity contribution in [3.63, 3.8) is 0 Å². The van der Waals surface area contributed by atoms with E-state index in [9.17, 15) is 9.59 Å². The molecule has 96 valence electrons. The number of benzene rings is 1. The molecule has 1 rings (SSSR count). The van der Waals surface area contributed by atoms with E-state index in [0.29, 0.717) is 5.69 Å². The largest absolute Gasteiger partial charge is 0.459 e. The van der Waals surface area contributed by atoms with Gasteiger partial charge in [-0.05, 0) is 19.1 Å². The van der Waals surface area contributed by atoms with Crippen LogP contribution in [-0.2, 0) is 14.3 Å². The molecule has 0 fully saturated rings. The second-order valence-corrected chi connectivity index (χ2v) is 3.50. The lowest BCUT2D eigenvalue weighted by Crippen LogP contribution is -2.17. The van der Waals surface area contributed by atoms with Crippen LogP contribution in [0.2, 0.25) is 0 Å². The van der Waals surface area contributed by atoms with E-state index in [4.69, 9.17) is 4.74 Å². The molecule has 1 N–H and O–H groups in total. The summed E-state index contributed by atoms with van der Waals surface area (Å²) < 4.78 is 9.46. The highest BCUT2D eigenvalue weighted by Gasteiger charge is 2.03. The first-order chi connectivity index (χ1) is 8.61. The van der Waals surface area contributed by atoms with Gasteiger partial charge in [0.15, 0.2) is 0 Å². The lowest BCUT2D eigenvalue weighted by Gasteiger charge is -2.07. The van der Waals surface area contributed by atoms with Crippen LogP contribution >= 0.6 is 0 Å². The Kier molecular flexibility index (Phi) is 5.44. The van der Waals surface area contributed by atoms with Crippen LogP contribution in [-0.4, -0.2) is 25.3 Å². The van der Waals surface area contributed by atoms with Gasteiger partial charge in [-0.2, -0.15) is 0 Å². The van der Waals surface area contributed by atoms with E-state index in [1.54, 1.807) is 12.1 Å². The Morgan fingerprint density at radius 2 is 1.83 bits per heavy atom. The van der Waals surface area contributed by atoms with Gasteiger partial charge in [0.1, 0.15) is 13.2 Å². The third kappa shape index (κ3) is 5.16. The van der Waals surface area contributed by atoms with E-state index in [-0.39, 0.29) is 13.2 Å². The van der Waals surface area contributed by atoms with Gasteiger partial charge in [0.25, 0.3) is 0 Å². The smallest absolute Gasteiger partial charge is 0.411 e. The summed E-state index contributed by atoms with van der Waals surface area (Å²) in [7, 11) is 0. The predicted octanol–water partition coefficient (Wildman–Crippen LogP) is 2.27. The molecule has 5 nitrogen and oxygen atoms in total. The van der Waals surface area contributed by atoms with Gasteiger partial charge in [-0.3, -0.25) is 5.32 Å². The summed E-state index contributed by atoms with van der Waals surface area (Å²) in [5.41, 5.74) is 1.75. The Balaban J connectivity index is 2.23. The van der Waals surface area contributed by atoms with E-state index >= 15 is 0 Å². The summed E-state index contributed by atoms with van der Waals surface area (Å²) in [5, 5.41) is 2.55. The molecular formula is C13H15NO4. The SMILES string of the molecule is C=CC(=O)OCCOC(=O)Nc1ccc(C)cc1. The molecular weight excluding hydrogens is 234 g/mol. The van der Waals surface area contributed by atoms with Gasteiger partial charge >= 0.3 is 12.1 Å². The number of carbonyl (C=O) groups is 2. The number of esters is 1. The van der Waals surface area contributed by atoms with Crippen LogP contribution in [0.4, 0.5) is 10.5 Å². The molecule has 0 aliphatic carbocycles. The van der Waals surface area contributed by atoms with Gasteiger partial charge < -0.3 is 9.47 Å². The monoisotopic (exact) mass is 249 g/mol. The minimum atomic E-state index is -0.589. The molecule has 1 aromatic rings. The van der Waals surface area contributed by atoms with Crippen molar-refractivity contribution in [1.29, 1.82) is 0 Å². The summed E-state index contributed by atoms with van der Waals surface area (Å²) in [4.78, 5) is 22.0. The molecule has 5 heteroatoms. The maximum absolute atomic E-state index is 11.3. The van der Waals surface area contributed by atoms with Crippen molar-refractivity contribution in [3.8, 4) is 0 Å². The van der Waals surface area contributed by atoms with Crippen molar-refractivity contribution >= 4 is 17.7 Å². The molecule has 0 unspecified atom stereocenters. The minimum absolute atomic E-state index is 0.00270. The number of ether oxygens (including phenoxy) is 2. The molecule has 0 spiro atoms. The predicted molar refractivity (Wildman–Crippen MR) is 67.3 cm³/mol. The van der Waals surface area contributed by atoms with Crippen LogP contribution in [0.3, 0.4) is 0 Å². The Bertz CT molecular complexity index is 425. The number of hydrogen-bond acceptors (Lipinski definition) is 4. The number of carbonyl (C=O) groups excluding carboxylic acids is 2. The first-order valence-corrected chi connectivity index (χ1v) is 5.41. The first kappa shape index (κ1) is 13.8. The Labute approximate surface area is 105 Å². The second-order valence-electron chi connectivity index (χ2n) is 3.50. The highest BCUT2D eigenvalue weighted by Crippen LogP contribution is 2.08. The molecule has 0 saturated heterocycles. The molecule has 0 heterocycles. The highest BCUT2D eigenvalue weighted by molar-refractivity contribution is 5.84. The van der Waals surface area contributed by atoms with Crippen LogP contribution in [0, 0.1) is 6.92 Å². The van der Waals surface area contributed by atoms with Crippen molar-refractivity contribution < 1.29 is 19.1 Å². The van der Waals surface area contributed by atoms with Crippen LogP contribution in [0.25, 0.3) is 0 Å². The summed E-state index contributed by atoms with van der Waals surface area (Å²) in [6.45, 7) is 5.20. The lowest BCUT2D eigenvalue weighted by atomic mass is 10.2. The summed E-state index contributed by atoms with van der Waals surface area (Å²) in [6.07, 6.45) is 0.459. The van der Waals surface area contributed by atoms with Crippen LogP contribution < -0.4 is 5.32 Å². The number of amides is 1. The second kappa shape index (κ2) is 7.11. The quantitative estimate of drug-likeness (QED) is 0.494. The standard InChI is InChI=1S/C13H15NO4/c1-3-12(15)17-8-9-18-13(16)14-11-6-4-10(2)5-7-11/h3-7H,1,8-9H2,2H3,(H,14,16). The van der Waals surface area contributed by atoms with Crippen LogP contribution in [0.1, 0.15) is 5.56 Å². The van der Waals surface area contributed by atoms with E-state index in [0.717, 1.165) is 11.6 Å². The molecule has 0 aliphatic rings. The molecule has 0 radical (unpaired) electrons. The van der Waals surface area contributed by atoms with Gasteiger partial charge in [0.2, 0.25) is 0 Å². The van der Waals surface area contributed by atoms with Crippen LogP contribution in [0.5, 0.6) is 0 Å². The third-order valence-corrected chi connectivity index (χ3v) is 2.03. The van der Waals surface area contributed by atoms with E-state index in [1.807, 2.05) is 19.1 Å². The normalized spacial score (nSPS) is 9.39.